The molecule has 0 N–H and O–H groups in total. The second-order valence-corrected chi connectivity index (χ2v) is 9.77. The van der Waals surface area contributed by atoms with Crippen LogP contribution in [0.15, 0.2) is 41.3 Å². The smallest absolute Gasteiger partial charge is 0.274 e. The van der Waals surface area contributed by atoms with E-state index in [4.69, 9.17) is 23.2 Å². The number of nitrogens with zero attached hydrogens (tertiary/aromatic N) is 3. The van der Waals surface area contributed by atoms with Crippen molar-refractivity contribution in [2.45, 2.75) is 31.1 Å². The van der Waals surface area contributed by atoms with Crippen LogP contribution in [0.5, 0.6) is 0 Å². The normalized spacial score (nSPS) is 16.6. The van der Waals surface area contributed by atoms with Crippen molar-refractivity contribution in [1.82, 2.24) is 14.2 Å². The molecule has 29 heavy (non-hydrogen) atoms. The Bertz CT molecular complexity index is 989. The number of piperazine rings is 1. The monoisotopic (exact) mass is 455 g/mol. The van der Waals surface area contributed by atoms with Crippen molar-refractivity contribution in [3.05, 3.63) is 57.8 Å². The molecule has 2 heterocycles. The zero-order chi connectivity index (χ0) is 21.2. The molecule has 1 aliphatic rings. The molecular weight excluding hydrogens is 433 g/mol. The first-order valence-corrected chi connectivity index (χ1v) is 11.6. The van der Waals surface area contributed by atoms with Gasteiger partial charge in [0.25, 0.3) is 5.91 Å². The Morgan fingerprint density at radius 2 is 1.69 bits per heavy atom. The number of carbonyl (C=O) groups excluding carboxylic acids is 1. The topological polar surface area (TPSA) is 70.6 Å². The summed E-state index contributed by atoms with van der Waals surface area (Å²) >= 11 is 11.9. The Labute approximate surface area is 181 Å². The lowest BCUT2D eigenvalue weighted by molar-refractivity contribution is 0.0692. The average molecular weight is 456 g/mol. The Morgan fingerprint density at radius 1 is 1.07 bits per heavy atom. The van der Waals surface area contributed by atoms with E-state index in [1.165, 1.54) is 16.4 Å². The van der Waals surface area contributed by atoms with Crippen molar-refractivity contribution >= 4 is 39.1 Å². The van der Waals surface area contributed by atoms with E-state index >= 15 is 0 Å². The maximum Gasteiger partial charge on any atom is 0.274 e. The van der Waals surface area contributed by atoms with Gasteiger partial charge in [0, 0.05) is 26.2 Å². The van der Waals surface area contributed by atoms with Gasteiger partial charge in [-0.05, 0) is 42.2 Å². The van der Waals surface area contributed by atoms with Gasteiger partial charge in [-0.15, -0.1) is 0 Å². The van der Waals surface area contributed by atoms with Crippen LogP contribution in [-0.2, 0) is 10.0 Å². The van der Waals surface area contributed by atoms with E-state index in [2.05, 4.69) is 18.8 Å². The van der Waals surface area contributed by atoms with E-state index in [1.54, 1.807) is 17.0 Å². The third kappa shape index (κ3) is 4.74. The Hall–Kier alpha value is -1.67. The molecule has 1 aliphatic heterocycles. The zero-order valence-electron chi connectivity index (χ0n) is 16.3. The van der Waals surface area contributed by atoms with Crippen molar-refractivity contribution in [2.24, 2.45) is 0 Å². The van der Waals surface area contributed by atoms with Gasteiger partial charge in [-0.1, -0.05) is 49.2 Å². The van der Waals surface area contributed by atoms with Gasteiger partial charge in [0.15, 0.2) is 0 Å². The molecular formula is C20H23Cl2N3O3S. The maximum atomic E-state index is 13.0. The third-order valence-electron chi connectivity index (χ3n) is 5.24. The van der Waals surface area contributed by atoms with Gasteiger partial charge in [0.1, 0.15) is 10.8 Å². The quantitative estimate of drug-likeness (QED) is 0.637. The molecule has 1 fully saturated rings. The van der Waals surface area contributed by atoms with E-state index in [1.807, 2.05) is 12.1 Å². The van der Waals surface area contributed by atoms with Crippen LogP contribution in [0.25, 0.3) is 0 Å². The predicted molar refractivity (Wildman–Crippen MR) is 114 cm³/mol. The van der Waals surface area contributed by atoms with Gasteiger partial charge in [-0.25, -0.2) is 13.4 Å². The second-order valence-electron chi connectivity index (χ2n) is 7.04. The summed E-state index contributed by atoms with van der Waals surface area (Å²) in [5.41, 5.74) is 1.20. The summed E-state index contributed by atoms with van der Waals surface area (Å²) in [6.07, 6.45) is 0.994. The van der Waals surface area contributed by atoms with Crippen LogP contribution in [0.3, 0.4) is 0 Å². The van der Waals surface area contributed by atoms with Crippen LogP contribution >= 0.6 is 23.2 Å². The minimum absolute atomic E-state index is 0.0797. The van der Waals surface area contributed by atoms with Crippen LogP contribution < -0.4 is 0 Å². The maximum absolute atomic E-state index is 13.0. The lowest BCUT2D eigenvalue weighted by atomic mass is 9.99. The fraction of sp³-hybridized carbons (Fsp3) is 0.400. The van der Waals surface area contributed by atoms with Crippen LogP contribution in [0, 0.1) is 0 Å². The molecule has 0 radical (unpaired) electrons. The van der Waals surface area contributed by atoms with Gasteiger partial charge in [0.05, 0.1) is 9.92 Å². The molecule has 9 heteroatoms. The zero-order valence-corrected chi connectivity index (χ0v) is 18.6. The number of pyridine rings is 1. The Kier molecular flexibility index (Phi) is 6.83. The molecule has 6 nitrogen and oxygen atoms in total. The number of sulfonamides is 1. The molecule has 1 saturated heterocycles. The highest BCUT2D eigenvalue weighted by Gasteiger charge is 2.31. The van der Waals surface area contributed by atoms with E-state index in [9.17, 15) is 13.2 Å². The van der Waals surface area contributed by atoms with Crippen molar-refractivity contribution in [3.8, 4) is 0 Å². The van der Waals surface area contributed by atoms with Crippen molar-refractivity contribution in [2.75, 3.05) is 26.2 Å². The van der Waals surface area contributed by atoms with Crippen LogP contribution in [0.4, 0.5) is 0 Å². The number of hydrogen-bond donors (Lipinski definition) is 0. The molecule has 1 atom stereocenters. The largest absolute Gasteiger partial charge is 0.335 e. The lowest BCUT2D eigenvalue weighted by Gasteiger charge is -2.34. The van der Waals surface area contributed by atoms with Crippen LogP contribution in [-0.4, -0.2) is 54.7 Å². The highest BCUT2D eigenvalue weighted by molar-refractivity contribution is 7.89. The molecule has 1 aromatic heterocycles. The number of rotatable bonds is 5. The van der Waals surface area contributed by atoms with Crippen molar-refractivity contribution in [3.63, 3.8) is 0 Å². The second kappa shape index (κ2) is 9.00. The predicted octanol–water partition coefficient (Wildman–Crippen LogP) is 4.05. The molecule has 156 valence electrons. The lowest BCUT2D eigenvalue weighted by Crippen LogP contribution is -2.50. The molecule has 1 unspecified atom stereocenters. The summed E-state index contributed by atoms with van der Waals surface area (Å²) in [5, 5.41) is 0.399. The summed E-state index contributed by atoms with van der Waals surface area (Å²) in [6.45, 7) is 5.14. The van der Waals surface area contributed by atoms with Crippen molar-refractivity contribution < 1.29 is 13.2 Å². The van der Waals surface area contributed by atoms with Gasteiger partial charge in [0.2, 0.25) is 10.0 Å². The third-order valence-corrected chi connectivity index (χ3v) is 7.67. The van der Waals surface area contributed by atoms with Gasteiger partial charge in [-0.3, -0.25) is 4.79 Å². The molecule has 3 rings (SSSR count). The van der Waals surface area contributed by atoms with Gasteiger partial charge < -0.3 is 4.90 Å². The molecule has 0 aliphatic carbocycles. The van der Waals surface area contributed by atoms with Crippen LogP contribution in [0.2, 0.25) is 10.2 Å². The minimum atomic E-state index is -3.61. The number of benzene rings is 1. The number of carbonyl (C=O) groups is 1. The van der Waals surface area contributed by atoms with E-state index in [0.29, 0.717) is 5.92 Å². The Balaban J connectivity index is 1.69. The number of aromatic nitrogens is 1. The fourth-order valence-electron chi connectivity index (χ4n) is 3.20. The fourth-order valence-corrected chi connectivity index (χ4v) is 4.96. The summed E-state index contributed by atoms with van der Waals surface area (Å²) in [6, 6.07) is 10.1. The SMILES string of the molecule is CCC(C)c1ccc(S(=O)(=O)N2CCN(C(=O)c3nc(Cl)ccc3Cl)CC2)cc1. The van der Waals surface area contributed by atoms with E-state index in [0.717, 1.165) is 12.0 Å². The number of amides is 1. The van der Waals surface area contributed by atoms with Crippen LogP contribution in [0.1, 0.15) is 42.2 Å². The first kappa shape index (κ1) is 22.0. The average Bonchev–Trinajstić information content (AvgIpc) is 2.74. The summed E-state index contributed by atoms with van der Waals surface area (Å²) in [7, 11) is -3.61. The molecule has 0 saturated carbocycles. The molecule has 1 amide bonds. The first-order chi connectivity index (χ1) is 13.7. The standard InChI is InChI=1S/C20H23Cl2N3O3S/c1-3-14(2)15-4-6-16(7-5-15)29(27,28)25-12-10-24(11-13-25)20(26)19-17(21)8-9-18(22)23-19/h4-9,14H,3,10-13H2,1-2H3. The summed E-state index contributed by atoms with van der Waals surface area (Å²) in [4.78, 5) is 18.5. The van der Waals surface area contributed by atoms with E-state index in [-0.39, 0.29) is 52.9 Å². The highest BCUT2D eigenvalue weighted by Crippen LogP contribution is 2.24. The molecule has 0 bridgehead atoms. The Morgan fingerprint density at radius 3 is 2.28 bits per heavy atom. The van der Waals surface area contributed by atoms with Gasteiger partial charge in [-0.2, -0.15) is 4.31 Å². The van der Waals surface area contributed by atoms with E-state index < -0.39 is 10.0 Å². The first-order valence-electron chi connectivity index (χ1n) is 9.45. The molecule has 1 aromatic carbocycles. The van der Waals surface area contributed by atoms with Crippen molar-refractivity contribution in [1.29, 1.82) is 0 Å². The molecule has 0 spiro atoms. The number of halogens is 2. The summed E-state index contributed by atoms with van der Waals surface area (Å²) in [5.74, 6) is 0.0284. The summed E-state index contributed by atoms with van der Waals surface area (Å²) < 4.78 is 27.3. The molecule has 2 aromatic rings. The van der Waals surface area contributed by atoms with Gasteiger partial charge >= 0.3 is 0 Å². The number of hydrogen-bond acceptors (Lipinski definition) is 4. The highest BCUT2D eigenvalue weighted by atomic mass is 35.5. The minimum Gasteiger partial charge on any atom is -0.335 e.